The predicted octanol–water partition coefficient (Wildman–Crippen LogP) is 2.35. The van der Waals surface area contributed by atoms with Gasteiger partial charge in [-0.25, -0.2) is 0 Å². The lowest BCUT2D eigenvalue weighted by atomic mass is 10.1. The maximum atomic E-state index is 12.0. The van der Waals surface area contributed by atoms with Gasteiger partial charge in [-0.3, -0.25) is 4.79 Å². The number of carbonyl (C=O) groups is 1. The number of hydrogen-bond donors (Lipinski definition) is 2. The number of carbonyl (C=O) groups excluding carboxylic acids is 1. The van der Waals surface area contributed by atoms with Crippen LogP contribution in [0.3, 0.4) is 0 Å². The molecule has 0 aromatic heterocycles. The van der Waals surface area contributed by atoms with Crippen molar-refractivity contribution < 1.29 is 14.6 Å². The van der Waals surface area contributed by atoms with Crippen LogP contribution in [0.25, 0.3) is 0 Å². The summed E-state index contributed by atoms with van der Waals surface area (Å²) in [6.45, 7) is 8.43. The van der Waals surface area contributed by atoms with Gasteiger partial charge in [0.25, 0.3) is 5.91 Å². The standard InChI is InChI=1S/C18H25NO3/c1-5-12-22-14(2)13-19-17(20)16-8-6-15(7-9-16)10-11-18(3,4)21/h6-9,14,21H,5,12-13H2,1-4H3,(H,19,20). The summed E-state index contributed by atoms with van der Waals surface area (Å²) in [5, 5.41) is 12.4. The van der Waals surface area contributed by atoms with E-state index < -0.39 is 5.60 Å². The molecule has 4 nitrogen and oxygen atoms in total. The summed E-state index contributed by atoms with van der Waals surface area (Å²) in [7, 11) is 0. The molecule has 0 aliphatic heterocycles. The molecule has 1 aromatic carbocycles. The van der Waals surface area contributed by atoms with Crippen LogP contribution in [0.1, 0.15) is 50.0 Å². The summed E-state index contributed by atoms with van der Waals surface area (Å²) in [6, 6.07) is 6.98. The number of benzene rings is 1. The molecule has 0 bridgehead atoms. The SMILES string of the molecule is CCCOC(C)CNC(=O)c1ccc(C#CC(C)(C)O)cc1. The normalized spacial score (nSPS) is 12.2. The molecule has 0 fully saturated rings. The van der Waals surface area contributed by atoms with Crippen molar-refractivity contribution in [1.29, 1.82) is 0 Å². The Labute approximate surface area is 132 Å². The number of ether oxygens (including phenoxy) is 1. The quantitative estimate of drug-likeness (QED) is 0.793. The lowest BCUT2D eigenvalue weighted by Crippen LogP contribution is -2.32. The molecular formula is C18H25NO3. The molecule has 120 valence electrons. The van der Waals surface area contributed by atoms with Gasteiger partial charge in [-0.15, -0.1) is 0 Å². The predicted molar refractivity (Wildman–Crippen MR) is 87.7 cm³/mol. The molecule has 0 spiro atoms. The molecule has 0 saturated heterocycles. The number of hydrogen-bond acceptors (Lipinski definition) is 3. The zero-order valence-corrected chi connectivity index (χ0v) is 13.8. The van der Waals surface area contributed by atoms with E-state index >= 15 is 0 Å². The number of aliphatic hydroxyl groups is 1. The minimum absolute atomic E-state index is 0.000764. The fourth-order valence-corrected chi connectivity index (χ4v) is 1.65. The maximum Gasteiger partial charge on any atom is 0.251 e. The van der Waals surface area contributed by atoms with Crippen LogP contribution in [0.15, 0.2) is 24.3 Å². The van der Waals surface area contributed by atoms with Crippen molar-refractivity contribution >= 4 is 5.91 Å². The van der Waals surface area contributed by atoms with E-state index in [1.54, 1.807) is 38.1 Å². The molecule has 1 aromatic rings. The lowest BCUT2D eigenvalue weighted by molar-refractivity contribution is 0.0622. The highest BCUT2D eigenvalue weighted by Crippen LogP contribution is 2.05. The first-order chi connectivity index (χ1) is 10.3. The smallest absolute Gasteiger partial charge is 0.251 e. The van der Waals surface area contributed by atoms with Gasteiger partial charge in [0.15, 0.2) is 0 Å². The Balaban J connectivity index is 2.55. The van der Waals surface area contributed by atoms with Crippen molar-refractivity contribution in [3.05, 3.63) is 35.4 Å². The van der Waals surface area contributed by atoms with Gasteiger partial charge in [0.05, 0.1) is 6.10 Å². The van der Waals surface area contributed by atoms with Crippen LogP contribution in [0, 0.1) is 11.8 Å². The molecule has 1 atom stereocenters. The van der Waals surface area contributed by atoms with Crippen molar-refractivity contribution in [2.45, 2.75) is 45.8 Å². The van der Waals surface area contributed by atoms with E-state index in [0.29, 0.717) is 18.7 Å². The molecule has 0 saturated carbocycles. The van der Waals surface area contributed by atoms with E-state index in [4.69, 9.17) is 4.74 Å². The molecule has 0 aliphatic carbocycles. The van der Waals surface area contributed by atoms with Crippen molar-refractivity contribution in [2.75, 3.05) is 13.2 Å². The fourth-order valence-electron chi connectivity index (χ4n) is 1.65. The molecule has 0 radical (unpaired) electrons. The third-order valence-electron chi connectivity index (χ3n) is 2.82. The Kier molecular flexibility index (Phi) is 7.10. The average Bonchev–Trinajstić information content (AvgIpc) is 2.48. The summed E-state index contributed by atoms with van der Waals surface area (Å²) < 4.78 is 5.50. The third-order valence-corrected chi connectivity index (χ3v) is 2.82. The van der Waals surface area contributed by atoms with E-state index in [1.165, 1.54) is 0 Å². The van der Waals surface area contributed by atoms with Crippen molar-refractivity contribution in [1.82, 2.24) is 5.32 Å². The van der Waals surface area contributed by atoms with Crippen molar-refractivity contribution in [2.24, 2.45) is 0 Å². The van der Waals surface area contributed by atoms with Crippen molar-refractivity contribution in [3.63, 3.8) is 0 Å². The Morgan fingerprint density at radius 2 is 2.00 bits per heavy atom. The van der Waals surface area contributed by atoms with Crippen LogP contribution in [0.2, 0.25) is 0 Å². The zero-order valence-electron chi connectivity index (χ0n) is 13.8. The van der Waals surface area contributed by atoms with Crippen LogP contribution >= 0.6 is 0 Å². The lowest BCUT2D eigenvalue weighted by Gasteiger charge is -2.13. The van der Waals surface area contributed by atoms with E-state index in [-0.39, 0.29) is 12.0 Å². The molecule has 4 heteroatoms. The van der Waals surface area contributed by atoms with Gasteiger partial charge in [-0.2, -0.15) is 0 Å². The summed E-state index contributed by atoms with van der Waals surface area (Å²) in [5.74, 6) is 5.48. The first-order valence-corrected chi connectivity index (χ1v) is 7.57. The minimum atomic E-state index is -1.02. The molecular weight excluding hydrogens is 278 g/mol. The van der Waals surface area contributed by atoms with E-state index in [9.17, 15) is 9.90 Å². The topological polar surface area (TPSA) is 58.6 Å². The number of amides is 1. The van der Waals surface area contributed by atoms with Crippen LogP contribution in [-0.2, 0) is 4.74 Å². The highest BCUT2D eigenvalue weighted by atomic mass is 16.5. The first-order valence-electron chi connectivity index (χ1n) is 7.57. The highest BCUT2D eigenvalue weighted by Gasteiger charge is 2.08. The number of rotatable bonds is 6. The summed E-state index contributed by atoms with van der Waals surface area (Å²) in [6.07, 6.45) is 0.964. The van der Waals surface area contributed by atoms with Gasteiger partial charge in [0, 0.05) is 24.3 Å². The van der Waals surface area contributed by atoms with Gasteiger partial charge in [0.1, 0.15) is 5.60 Å². The fraction of sp³-hybridized carbons (Fsp3) is 0.500. The first kappa shape index (κ1) is 18.2. The van der Waals surface area contributed by atoms with Crippen LogP contribution in [0.5, 0.6) is 0 Å². The van der Waals surface area contributed by atoms with Crippen LogP contribution in [0.4, 0.5) is 0 Å². The van der Waals surface area contributed by atoms with Crippen molar-refractivity contribution in [3.8, 4) is 11.8 Å². The zero-order chi connectivity index (χ0) is 16.6. The minimum Gasteiger partial charge on any atom is -0.378 e. The molecule has 1 rings (SSSR count). The third kappa shape index (κ3) is 7.26. The van der Waals surface area contributed by atoms with Gasteiger partial charge < -0.3 is 15.2 Å². The molecule has 0 aliphatic rings. The molecule has 22 heavy (non-hydrogen) atoms. The Hall–Kier alpha value is -1.83. The summed E-state index contributed by atoms with van der Waals surface area (Å²) in [4.78, 5) is 12.0. The van der Waals surface area contributed by atoms with Crippen LogP contribution in [-0.4, -0.2) is 35.9 Å². The molecule has 1 unspecified atom stereocenters. The van der Waals surface area contributed by atoms with Gasteiger partial charge in [-0.1, -0.05) is 18.8 Å². The molecule has 0 heterocycles. The van der Waals surface area contributed by atoms with Gasteiger partial charge in [-0.05, 0) is 51.5 Å². The summed E-state index contributed by atoms with van der Waals surface area (Å²) >= 11 is 0. The maximum absolute atomic E-state index is 12.0. The molecule has 2 N–H and O–H groups in total. The Morgan fingerprint density at radius 3 is 2.55 bits per heavy atom. The second-order valence-electron chi connectivity index (χ2n) is 5.78. The van der Waals surface area contributed by atoms with E-state index in [1.807, 2.05) is 13.8 Å². The summed E-state index contributed by atoms with van der Waals surface area (Å²) in [5.41, 5.74) is 0.319. The second kappa shape index (κ2) is 8.57. The van der Waals surface area contributed by atoms with E-state index in [0.717, 1.165) is 12.0 Å². The van der Waals surface area contributed by atoms with Gasteiger partial charge in [0.2, 0.25) is 0 Å². The van der Waals surface area contributed by atoms with Crippen LogP contribution < -0.4 is 5.32 Å². The largest absolute Gasteiger partial charge is 0.378 e. The molecule has 1 amide bonds. The Morgan fingerprint density at radius 1 is 1.36 bits per heavy atom. The monoisotopic (exact) mass is 303 g/mol. The van der Waals surface area contributed by atoms with Gasteiger partial charge >= 0.3 is 0 Å². The Bertz CT molecular complexity index is 532. The second-order valence-corrected chi connectivity index (χ2v) is 5.78. The number of nitrogens with one attached hydrogen (secondary N) is 1. The highest BCUT2D eigenvalue weighted by molar-refractivity contribution is 5.94. The van der Waals surface area contributed by atoms with E-state index in [2.05, 4.69) is 17.2 Å². The average molecular weight is 303 g/mol.